The molecule has 0 N–H and O–H groups in total. The van der Waals surface area contributed by atoms with Crippen LogP contribution < -0.4 is 0 Å². The summed E-state index contributed by atoms with van der Waals surface area (Å²) in [5.41, 5.74) is -0.0249. The molecule has 2 atom stereocenters. The van der Waals surface area contributed by atoms with Crippen LogP contribution in [0.5, 0.6) is 0 Å². The van der Waals surface area contributed by atoms with E-state index in [-0.39, 0.29) is 0 Å². The van der Waals surface area contributed by atoms with Crippen LogP contribution in [0.25, 0.3) is 0 Å². The third-order valence-electron chi connectivity index (χ3n) is 3.87. The van der Waals surface area contributed by atoms with Gasteiger partial charge in [-0.25, -0.2) is 8.78 Å². The number of nitrogens with zero attached hydrogens (tertiary/aromatic N) is 1. The second kappa shape index (κ2) is 5.06. The van der Waals surface area contributed by atoms with Crippen LogP contribution in [0.3, 0.4) is 0 Å². The molecule has 1 saturated carbocycles. The van der Waals surface area contributed by atoms with Crippen molar-refractivity contribution < 1.29 is 8.78 Å². The molecule has 0 aromatic heterocycles. The molecule has 1 nitrogen and oxygen atoms in total. The Labute approximate surface area is 106 Å². The molecule has 0 radical (unpaired) electrons. The molecule has 0 saturated heterocycles. The Morgan fingerprint density at radius 1 is 1.44 bits per heavy atom. The maximum Gasteiger partial charge on any atom is 0.129 e. The van der Waals surface area contributed by atoms with Gasteiger partial charge in [-0.3, -0.25) is 0 Å². The van der Waals surface area contributed by atoms with Crippen molar-refractivity contribution in [2.75, 3.05) is 0 Å². The number of hydrogen-bond acceptors (Lipinski definition) is 1. The first kappa shape index (κ1) is 13.0. The Bertz CT molecular complexity index is 478. The minimum absolute atomic E-state index is 0.389. The Hall–Kier alpha value is -1.43. The Morgan fingerprint density at radius 2 is 2.22 bits per heavy atom. The van der Waals surface area contributed by atoms with Crippen LogP contribution >= 0.6 is 0 Å². The van der Waals surface area contributed by atoms with E-state index in [1.54, 1.807) is 0 Å². The van der Waals surface area contributed by atoms with E-state index in [2.05, 4.69) is 13.0 Å². The van der Waals surface area contributed by atoms with Gasteiger partial charge in [-0.2, -0.15) is 5.26 Å². The van der Waals surface area contributed by atoms with Crippen molar-refractivity contribution in [2.24, 2.45) is 11.3 Å². The third kappa shape index (κ3) is 2.69. The van der Waals surface area contributed by atoms with Gasteiger partial charge in [0.15, 0.2) is 0 Å². The summed E-state index contributed by atoms with van der Waals surface area (Å²) < 4.78 is 26.5. The highest BCUT2D eigenvalue weighted by Gasteiger charge is 2.35. The van der Waals surface area contributed by atoms with Crippen molar-refractivity contribution in [1.82, 2.24) is 0 Å². The van der Waals surface area contributed by atoms with Crippen LogP contribution in [0.1, 0.15) is 38.2 Å². The zero-order valence-electron chi connectivity index (χ0n) is 10.5. The number of nitriles is 1. The van der Waals surface area contributed by atoms with Crippen LogP contribution in [0.15, 0.2) is 18.2 Å². The summed E-state index contributed by atoms with van der Waals surface area (Å²) in [7, 11) is 0. The predicted molar refractivity (Wildman–Crippen MR) is 65.7 cm³/mol. The highest BCUT2D eigenvalue weighted by atomic mass is 19.1. The Kier molecular flexibility index (Phi) is 3.65. The summed E-state index contributed by atoms with van der Waals surface area (Å²) in [5.74, 6) is -0.607. The van der Waals surface area contributed by atoms with E-state index >= 15 is 0 Å². The topological polar surface area (TPSA) is 23.8 Å². The average Bonchev–Trinajstić information content (AvgIpc) is 2.33. The lowest BCUT2D eigenvalue weighted by molar-refractivity contribution is 0.208. The van der Waals surface area contributed by atoms with Crippen molar-refractivity contribution >= 4 is 0 Å². The van der Waals surface area contributed by atoms with Gasteiger partial charge in [-0.1, -0.05) is 25.8 Å². The van der Waals surface area contributed by atoms with Gasteiger partial charge in [-0.15, -0.1) is 0 Å². The molecule has 96 valence electrons. The van der Waals surface area contributed by atoms with Gasteiger partial charge >= 0.3 is 0 Å². The molecule has 0 bridgehead atoms. The summed E-state index contributed by atoms with van der Waals surface area (Å²) in [6, 6.07) is 5.99. The van der Waals surface area contributed by atoms with Crippen molar-refractivity contribution in [3.8, 4) is 6.07 Å². The van der Waals surface area contributed by atoms with Crippen molar-refractivity contribution in [1.29, 1.82) is 5.26 Å². The SMILES string of the molecule is CC1CCCC(C#N)(Cc2ccc(F)cc2F)C1. The zero-order valence-corrected chi connectivity index (χ0v) is 10.5. The lowest BCUT2D eigenvalue weighted by atomic mass is 9.68. The first-order chi connectivity index (χ1) is 8.54. The summed E-state index contributed by atoms with van der Waals surface area (Å²) in [6.07, 6.45) is 4.15. The molecule has 1 aromatic carbocycles. The van der Waals surface area contributed by atoms with Crippen LogP contribution in [-0.4, -0.2) is 0 Å². The maximum atomic E-state index is 13.7. The number of benzene rings is 1. The molecule has 1 aliphatic rings. The third-order valence-corrected chi connectivity index (χ3v) is 3.87. The quantitative estimate of drug-likeness (QED) is 0.769. The zero-order chi connectivity index (χ0) is 13.2. The molecule has 0 aliphatic heterocycles. The molecule has 1 aliphatic carbocycles. The summed E-state index contributed by atoms with van der Waals surface area (Å²) in [4.78, 5) is 0. The van der Waals surface area contributed by atoms with E-state index in [0.717, 1.165) is 31.7 Å². The molecule has 18 heavy (non-hydrogen) atoms. The fourth-order valence-electron chi connectivity index (χ4n) is 2.99. The molecule has 1 aromatic rings. The highest BCUT2D eigenvalue weighted by molar-refractivity contribution is 5.22. The summed E-state index contributed by atoms with van der Waals surface area (Å²) in [6.45, 7) is 2.13. The van der Waals surface area contributed by atoms with Crippen molar-refractivity contribution in [3.63, 3.8) is 0 Å². The van der Waals surface area contributed by atoms with Gasteiger partial charge in [0, 0.05) is 6.07 Å². The Morgan fingerprint density at radius 3 is 2.83 bits per heavy atom. The number of halogens is 2. The van der Waals surface area contributed by atoms with Gasteiger partial charge in [0.25, 0.3) is 0 Å². The van der Waals surface area contributed by atoms with Crippen molar-refractivity contribution in [2.45, 2.75) is 39.0 Å². The smallest absolute Gasteiger partial charge is 0.129 e. The Balaban J connectivity index is 2.22. The molecular weight excluding hydrogens is 232 g/mol. The molecular formula is C15H17F2N. The largest absolute Gasteiger partial charge is 0.207 e. The van der Waals surface area contributed by atoms with Crippen molar-refractivity contribution in [3.05, 3.63) is 35.4 Å². The van der Waals surface area contributed by atoms with Gasteiger partial charge < -0.3 is 0 Å². The molecule has 2 unspecified atom stereocenters. The lowest BCUT2D eigenvalue weighted by Crippen LogP contribution is -2.29. The van der Waals surface area contributed by atoms with Gasteiger partial charge in [0.1, 0.15) is 11.6 Å². The fourth-order valence-corrected chi connectivity index (χ4v) is 2.99. The molecule has 2 rings (SSSR count). The van der Waals surface area contributed by atoms with Crippen LogP contribution in [0, 0.1) is 34.3 Å². The monoisotopic (exact) mass is 249 g/mol. The molecule has 1 fully saturated rings. The van der Waals surface area contributed by atoms with Gasteiger partial charge in [0.05, 0.1) is 11.5 Å². The predicted octanol–water partition coefficient (Wildman–Crippen LogP) is 4.23. The average molecular weight is 249 g/mol. The van der Waals surface area contributed by atoms with Crippen LogP contribution in [0.2, 0.25) is 0 Å². The fraction of sp³-hybridized carbons (Fsp3) is 0.533. The minimum atomic E-state index is -0.570. The van der Waals surface area contributed by atoms with E-state index in [1.165, 1.54) is 12.1 Å². The minimum Gasteiger partial charge on any atom is -0.207 e. The van der Waals surface area contributed by atoms with E-state index < -0.39 is 17.0 Å². The number of hydrogen-bond donors (Lipinski definition) is 0. The summed E-state index contributed by atoms with van der Waals surface area (Å²) in [5, 5.41) is 9.42. The first-order valence-corrected chi connectivity index (χ1v) is 6.40. The maximum absolute atomic E-state index is 13.7. The van der Waals surface area contributed by atoms with Gasteiger partial charge in [-0.05, 0) is 36.8 Å². The molecule has 0 spiro atoms. The van der Waals surface area contributed by atoms with Crippen LogP contribution in [-0.2, 0) is 6.42 Å². The van der Waals surface area contributed by atoms with Crippen LogP contribution in [0.4, 0.5) is 8.78 Å². The molecule has 0 heterocycles. The van der Waals surface area contributed by atoms with E-state index in [0.29, 0.717) is 17.9 Å². The van der Waals surface area contributed by atoms with Gasteiger partial charge in [0.2, 0.25) is 0 Å². The second-order valence-corrected chi connectivity index (χ2v) is 5.51. The highest BCUT2D eigenvalue weighted by Crippen LogP contribution is 2.41. The second-order valence-electron chi connectivity index (χ2n) is 5.51. The number of rotatable bonds is 2. The standard InChI is InChI=1S/C15H17F2N/c1-11-3-2-6-15(8-11,10-18)9-12-4-5-13(16)7-14(12)17/h4-5,7,11H,2-3,6,8-9H2,1H3. The first-order valence-electron chi connectivity index (χ1n) is 6.40. The summed E-state index contributed by atoms with van der Waals surface area (Å²) >= 11 is 0. The van der Waals surface area contributed by atoms with E-state index in [4.69, 9.17) is 0 Å². The normalized spacial score (nSPS) is 27.8. The molecule has 3 heteroatoms. The lowest BCUT2D eigenvalue weighted by Gasteiger charge is -2.34. The van der Waals surface area contributed by atoms with E-state index in [9.17, 15) is 14.0 Å². The molecule has 0 amide bonds. The van der Waals surface area contributed by atoms with E-state index in [1.807, 2.05) is 0 Å².